The molecule has 0 fully saturated rings. The molecule has 0 spiro atoms. The molecule has 0 aliphatic carbocycles. The molecule has 0 bridgehead atoms. The first kappa shape index (κ1) is 28.3. The summed E-state index contributed by atoms with van der Waals surface area (Å²) in [6.07, 6.45) is 0. The normalized spacial score (nSPS) is 11.7. The molecule has 0 unspecified atom stereocenters. The highest BCUT2D eigenvalue weighted by atomic mass is 32.1. The number of hydrogen-bond donors (Lipinski definition) is 0. The summed E-state index contributed by atoms with van der Waals surface area (Å²) in [5.74, 6) is 0. The lowest BCUT2D eigenvalue weighted by Gasteiger charge is -2.27. The summed E-state index contributed by atoms with van der Waals surface area (Å²) in [4.78, 5) is 2.42. The van der Waals surface area contributed by atoms with Crippen molar-refractivity contribution < 1.29 is 0 Å². The molecule has 0 N–H and O–H groups in total. The predicted octanol–water partition coefficient (Wildman–Crippen LogP) is 14.4. The Hall–Kier alpha value is -5.74. The Balaban J connectivity index is 1.15. The van der Waals surface area contributed by atoms with Crippen molar-refractivity contribution in [2.45, 2.75) is 0 Å². The van der Waals surface area contributed by atoms with E-state index in [-0.39, 0.29) is 0 Å². The Labute approximate surface area is 292 Å². The van der Waals surface area contributed by atoms with Gasteiger partial charge in [-0.3, -0.25) is 0 Å². The average Bonchev–Trinajstić information content (AvgIpc) is 3.75. The minimum atomic E-state index is 1.13. The molecule has 0 atom stereocenters. The van der Waals surface area contributed by atoms with Crippen molar-refractivity contribution in [1.82, 2.24) is 0 Å². The van der Waals surface area contributed by atoms with Gasteiger partial charge in [-0.2, -0.15) is 0 Å². The molecule has 3 heteroatoms. The average molecular weight is 660 g/mol. The highest BCUT2D eigenvalue weighted by molar-refractivity contribution is 7.27. The van der Waals surface area contributed by atoms with Gasteiger partial charge in [-0.15, -0.1) is 22.7 Å². The van der Waals surface area contributed by atoms with Crippen LogP contribution in [0.25, 0.3) is 73.4 Å². The third-order valence-electron chi connectivity index (χ3n) is 9.67. The Bertz CT molecular complexity index is 2810. The summed E-state index contributed by atoms with van der Waals surface area (Å²) < 4.78 is 5.30. The zero-order valence-electron chi connectivity index (χ0n) is 26.5. The van der Waals surface area contributed by atoms with Gasteiger partial charge in [0, 0.05) is 57.1 Å². The van der Waals surface area contributed by atoms with Gasteiger partial charge < -0.3 is 4.90 Å². The second-order valence-corrected chi connectivity index (χ2v) is 14.6. The van der Waals surface area contributed by atoms with E-state index in [1.54, 1.807) is 0 Å². The van der Waals surface area contributed by atoms with Gasteiger partial charge >= 0.3 is 0 Å². The van der Waals surface area contributed by atoms with Crippen LogP contribution in [0.3, 0.4) is 0 Å². The van der Waals surface area contributed by atoms with Crippen LogP contribution in [0.2, 0.25) is 0 Å². The number of hydrogen-bond acceptors (Lipinski definition) is 3. The molecule has 0 aliphatic heterocycles. The number of fused-ring (bicyclic) bond motifs is 8. The fourth-order valence-electron chi connectivity index (χ4n) is 7.38. The molecule has 8 aromatic carbocycles. The Morgan fingerprint density at radius 2 is 0.898 bits per heavy atom. The minimum absolute atomic E-state index is 1.13. The molecule has 0 saturated carbocycles. The van der Waals surface area contributed by atoms with Crippen LogP contribution in [0.5, 0.6) is 0 Å². The topological polar surface area (TPSA) is 3.24 Å². The largest absolute Gasteiger partial charge is 0.310 e. The molecule has 230 valence electrons. The van der Waals surface area contributed by atoms with Crippen LogP contribution in [0.1, 0.15) is 0 Å². The van der Waals surface area contributed by atoms with Crippen LogP contribution in [-0.4, -0.2) is 0 Å². The van der Waals surface area contributed by atoms with Gasteiger partial charge in [0.15, 0.2) is 0 Å². The van der Waals surface area contributed by atoms with Gasteiger partial charge in [-0.05, 0) is 82.2 Å². The van der Waals surface area contributed by atoms with Crippen molar-refractivity contribution in [1.29, 1.82) is 0 Å². The van der Waals surface area contributed by atoms with E-state index in [0.29, 0.717) is 0 Å². The van der Waals surface area contributed by atoms with Gasteiger partial charge in [-0.1, -0.05) is 121 Å². The number of rotatable bonds is 5. The monoisotopic (exact) mass is 659 g/mol. The molecule has 1 nitrogen and oxygen atoms in total. The van der Waals surface area contributed by atoms with Crippen LogP contribution >= 0.6 is 22.7 Å². The van der Waals surface area contributed by atoms with Crippen molar-refractivity contribution in [2.75, 3.05) is 4.90 Å². The Kier molecular flexibility index (Phi) is 6.61. The molecule has 2 heterocycles. The lowest BCUT2D eigenvalue weighted by atomic mass is 9.95. The molecule has 0 amide bonds. The molecule has 10 rings (SSSR count). The fourth-order valence-corrected chi connectivity index (χ4v) is 9.73. The molecule has 10 aromatic rings. The molecule has 0 aliphatic rings. The molecule has 0 saturated heterocycles. The number of nitrogens with zero attached hydrogens (tertiary/aromatic N) is 1. The quantitative estimate of drug-likeness (QED) is 0.178. The van der Waals surface area contributed by atoms with Gasteiger partial charge in [0.2, 0.25) is 0 Å². The zero-order chi connectivity index (χ0) is 32.3. The number of benzene rings is 8. The SMILES string of the molecule is c1ccc(-c2ccc(N(c3ccc(-c4cc5c6ccccc6sc5c5ccccc45)cc3)c3cccc4sc5ccccc5c34)cc2)cc1. The van der Waals surface area contributed by atoms with Gasteiger partial charge in [0.1, 0.15) is 0 Å². The second-order valence-electron chi connectivity index (χ2n) is 12.5. The minimum Gasteiger partial charge on any atom is -0.310 e. The summed E-state index contributed by atoms with van der Waals surface area (Å²) in [6.45, 7) is 0. The first-order valence-corrected chi connectivity index (χ1v) is 18.2. The van der Waals surface area contributed by atoms with Crippen molar-refractivity contribution >= 4 is 90.9 Å². The Morgan fingerprint density at radius 3 is 1.63 bits per heavy atom. The van der Waals surface area contributed by atoms with E-state index in [1.807, 2.05) is 22.7 Å². The Morgan fingerprint density at radius 1 is 0.347 bits per heavy atom. The first-order chi connectivity index (χ1) is 24.3. The number of anilines is 3. The van der Waals surface area contributed by atoms with Crippen LogP contribution in [0, 0.1) is 0 Å². The third-order valence-corrected chi connectivity index (χ3v) is 12.0. The molecule has 2 aromatic heterocycles. The highest BCUT2D eigenvalue weighted by Crippen LogP contribution is 2.46. The fraction of sp³-hybridized carbons (Fsp3) is 0. The molecule has 0 radical (unpaired) electrons. The maximum Gasteiger partial charge on any atom is 0.0554 e. The second kappa shape index (κ2) is 11.5. The zero-order valence-corrected chi connectivity index (χ0v) is 28.1. The van der Waals surface area contributed by atoms with E-state index in [1.165, 1.54) is 79.1 Å². The van der Waals surface area contributed by atoms with Crippen LogP contribution in [0.4, 0.5) is 17.1 Å². The lowest BCUT2D eigenvalue weighted by molar-refractivity contribution is 1.30. The van der Waals surface area contributed by atoms with Crippen molar-refractivity contribution in [3.05, 3.63) is 176 Å². The molecule has 49 heavy (non-hydrogen) atoms. The maximum absolute atomic E-state index is 2.42. The van der Waals surface area contributed by atoms with Crippen LogP contribution in [0.15, 0.2) is 176 Å². The van der Waals surface area contributed by atoms with E-state index >= 15 is 0 Å². The van der Waals surface area contributed by atoms with E-state index in [4.69, 9.17) is 0 Å². The summed E-state index contributed by atoms with van der Waals surface area (Å²) in [5.41, 5.74) is 8.36. The van der Waals surface area contributed by atoms with E-state index in [9.17, 15) is 0 Å². The number of thiophene rings is 2. The predicted molar refractivity (Wildman–Crippen MR) is 215 cm³/mol. The van der Waals surface area contributed by atoms with E-state index in [0.717, 1.165) is 11.4 Å². The van der Waals surface area contributed by atoms with E-state index < -0.39 is 0 Å². The third kappa shape index (κ3) is 4.66. The van der Waals surface area contributed by atoms with E-state index in [2.05, 4.69) is 181 Å². The van der Waals surface area contributed by atoms with Crippen LogP contribution < -0.4 is 4.90 Å². The van der Waals surface area contributed by atoms with Crippen molar-refractivity contribution in [2.24, 2.45) is 0 Å². The first-order valence-electron chi connectivity index (χ1n) is 16.6. The standard InChI is InChI=1S/C46H29NS2/c1-2-11-30(12-3-1)31-21-25-33(26-22-31)47(41-17-10-20-44-45(41)38-16-7-9-19-43(38)48-44)34-27-23-32(24-28-34)39-29-40-36-14-6-8-18-42(36)49-46(40)37-15-5-4-13-35(37)39/h1-29H. The van der Waals surface area contributed by atoms with Gasteiger partial charge in [0.05, 0.1) is 5.69 Å². The van der Waals surface area contributed by atoms with Crippen molar-refractivity contribution in [3.8, 4) is 22.3 Å². The van der Waals surface area contributed by atoms with Gasteiger partial charge in [0.25, 0.3) is 0 Å². The van der Waals surface area contributed by atoms with Crippen LogP contribution in [-0.2, 0) is 0 Å². The smallest absolute Gasteiger partial charge is 0.0554 e. The lowest BCUT2D eigenvalue weighted by Crippen LogP contribution is -2.10. The molecular formula is C46H29NS2. The molecular weight excluding hydrogens is 631 g/mol. The van der Waals surface area contributed by atoms with Gasteiger partial charge in [-0.25, -0.2) is 0 Å². The summed E-state index contributed by atoms with van der Waals surface area (Å²) in [5, 5.41) is 7.85. The maximum atomic E-state index is 2.42. The van der Waals surface area contributed by atoms with Crippen molar-refractivity contribution in [3.63, 3.8) is 0 Å². The summed E-state index contributed by atoms with van der Waals surface area (Å²) in [7, 11) is 0. The highest BCUT2D eigenvalue weighted by Gasteiger charge is 2.19. The summed E-state index contributed by atoms with van der Waals surface area (Å²) >= 11 is 3.75. The summed E-state index contributed by atoms with van der Waals surface area (Å²) in [6, 6.07) is 64.3.